The predicted molar refractivity (Wildman–Crippen MR) is 137 cm³/mol. The van der Waals surface area contributed by atoms with Crippen molar-refractivity contribution in [2.45, 2.75) is 152 Å². The van der Waals surface area contributed by atoms with Gasteiger partial charge in [-0.15, -0.1) is 0 Å². The van der Waals surface area contributed by atoms with E-state index in [1.165, 1.54) is 13.6 Å². The minimum Gasteiger partial charge on any atom is -0.0999 e. The maximum atomic E-state index is 4.50. The lowest BCUT2D eigenvalue weighted by molar-refractivity contribution is 1.50. The highest BCUT2D eigenvalue weighted by Crippen LogP contribution is 1.16. The summed E-state index contributed by atoms with van der Waals surface area (Å²) in [5, 5.41) is 0. The van der Waals surface area contributed by atoms with Gasteiger partial charge in [-0.05, 0) is 0 Å². The molecule has 0 spiro atoms. The van der Waals surface area contributed by atoms with Crippen LogP contribution >= 0.6 is 0 Å². The van der Waals surface area contributed by atoms with Gasteiger partial charge in [0, 0.05) is 0 Å². The third-order valence-corrected chi connectivity index (χ3v) is 0. The van der Waals surface area contributed by atoms with Crippen LogP contribution in [-0.4, -0.2) is 15.7 Å². The topological polar surface area (TPSA) is 0 Å². The lowest BCUT2D eigenvalue weighted by Crippen LogP contribution is -1.13. The molecule has 0 saturated carbocycles. The van der Waals surface area contributed by atoms with Crippen molar-refractivity contribution in [1.82, 2.24) is 0 Å². The molecule has 0 aliphatic carbocycles. The third-order valence-electron chi connectivity index (χ3n) is 0. The van der Waals surface area contributed by atoms with Crippen LogP contribution in [0.3, 0.4) is 0 Å². The SMILES string of the molecule is CC.CC.CC.CC.CC.CC.CC.CC.CC.CC.[B]C.[B]C. The average Bonchev–Trinajstić information content (AvgIpc) is 2.84. The van der Waals surface area contributed by atoms with Crippen molar-refractivity contribution < 1.29 is 0 Å². The maximum absolute atomic E-state index is 4.50. The van der Waals surface area contributed by atoms with E-state index < -0.39 is 0 Å². The molecule has 0 aliphatic rings. The fourth-order valence-corrected chi connectivity index (χ4v) is 0. The Labute approximate surface area is 168 Å². The first kappa shape index (κ1) is 87.7. The van der Waals surface area contributed by atoms with Crippen LogP contribution in [0.2, 0.25) is 13.6 Å². The van der Waals surface area contributed by atoms with E-state index in [2.05, 4.69) is 15.7 Å². The van der Waals surface area contributed by atoms with Crippen molar-refractivity contribution in [3.05, 3.63) is 0 Å². The van der Waals surface area contributed by atoms with Gasteiger partial charge in [0.05, 0.1) is 15.7 Å². The van der Waals surface area contributed by atoms with Gasteiger partial charge in [-0.3, -0.25) is 0 Å². The molecule has 24 heavy (non-hydrogen) atoms. The van der Waals surface area contributed by atoms with E-state index in [-0.39, 0.29) is 0 Å². The van der Waals surface area contributed by atoms with E-state index in [9.17, 15) is 0 Å². The molecule has 0 N–H and O–H groups in total. The summed E-state index contributed by atoms with van der Waals surface area (Å²) >= 11 is 0. The van der Waals surface area contributed by atoms with E-state index >= 15 is 0 Å². The summed E-state index contributed by atoms with van der Waals surface area (Å²) in [6, 6.07) is 0. The maximum Gasteiger partial charge on any atom is 0.0606 e. The standard InChI is InChI=1S/10C2H6.2CH3B/c12*1-2/h10*1-2H3;2*1H3. The van der Waals surface area contributed by atoms with Gasteiger partial charge < -0.3 is 0 Å². The Balaban J connectivity index is -0.00000000655. The second kappa shape index (κ2) is 672000. The van der Waals surface area contributed by atoms with E-state index in [4.69, 9.17) is 0 Å². The molecular weight excluding hydrogens is 286 g/mol. The molecule has 2 heteroatoms. The molecule has 0 aliphatic heterocycles. The second-order valence-electron chi connectivity index (χ2n) is 0. The fourth-order valence-electron chi connectivity index (χ4n) is 0. The van der Waals surface area contributed by atoms with Gasteiger partial charge in [0.2, 0.25) is 0 Å². The Bertz CT molecular complexity index is 9.93. The molecule has 0 aromatic heterocycles. The molecule has 0 aromatic carbocycles. The Morgan fingerprint density at radius 3 is 0.167 bits per heavy atom. The molecule has 160 valence electrons. The van der Waals surface area contributed by atoms with Crippen molar-refractivity contribution >= 4 is 15.7 Å². The van der Waals surface area contributed by atoms with Gasteiger partial charge in [0.15, 0.2) is 0 Å². The third kappa shape index (κ3) is 586000. The minimum atomic E-state index is 1.50. The lowest BCUT2D eigenvalue weighted by Gasteiger charge is -1.07. The highest BCUT2D eigenvalue weighted by atomic mass is 13.0. The van der Waals surface area contributed by atoms with Crippen molar-refractivity contribution in [1.29, 1.82) is 0 Å². The molecule has 0 nitrogen and oxygen atoms in total. The normalized spacial score (nSPS) is 2.92. The lowest BCUT2D eigenvalue weighted by atomic mass is 10.2. The molecule has 0 heterocycles. The molecule has 0 atom stereocenters. The molecule has 0 aromatic rings. The number of rotatable bonds is 0. The van der Waals surface area contributed by atoms with Crippen LogP contribution in [0.25, 0.3) is 0 Å². The van der Waals surface area contributed by atoms with Gasteiger partial charge in [-0.1, -0.05) is 152 Å². The number of hydrogen-bond acceptors (Lipinski definition) is 0. The summed E-state index contributed by atoms with van der Waals surface area (Å²) in [7, 11) is 9.00. The van der Waals surface area contributed by atoms with Gasteiger partial charge in [-0.25, -0.2) is 0 Å². The Morgan fingerprint density at radius 2 is 0.167 bits per heavy atom. The summed E-state index contributed by atoms with van der Waals surface area (Å²) in [6.45, 7) is 43.0. The zero-order valence-electron chi connectivity index (χ0n) is 23.2. The highest BCUT2D eigenvalue weighted by molar-refractivity contribution is 6.05. The van der Waals surface area contributed by atoms with Crippen molar-refractivity contribution in [3.63, 3.8) is 0 Å². The molecule has 0 saturated heterocycles. The Hall–Kier alpha value is 0.130. The van der Waals surface area contributed by atoms with Crippen LogP contribution in [0, 0.1) is 0 Å². The van der Waals surface area contributed by atoms with Crippen LogP contribution in [0.15, 0.2) is 0 Å². The average molecular weight is 352 g/mol. The first-order valence-electron chi connectivity index (χ1n) is 11.2. The van der Waals surface area contributed by atoms with E-state index in [0.29, 0.717) is 0 Å². The van der Waals surface area contributed by atoms with Crippen LogP contribution in [0.5, 0.6) is 0 Å². The summed E-state index contributed by atoms with van der Waals surface area (Å²) in [5.74, 6) is 0. The second-order valence-corrected chi connectivity index (χ2v) is 0. The van der Waals surface area contributed by atoms with Crippen molar-refractivity contribution in [2.24, 2.45) is 0 Å². The highest BCUT2D eigenvalue weighted by Gasteiger charge is 0.988. The van der Waals surface area contributed by atoms with Crippen LogP contribution < -0.4 is 0 Å². The fraction of sp³-hybridized carbons (Fsp3) is 1.00. The molecule has 0 unspecified atom stereocenters. The minimum absolute atomic E-state index is 1.50. The monoisotopic (exact) mass is 353 g/mol. The summed E-state index contributed by atoms with van der Waals surface area (Å²) in [6.07, 6.45) is 0. The van der Waals surface area contributed by atoms with Gasteiger partial charge in [0.25, 0.3) is 0 Å². The first-order valence-corrected chi connectivity index (χ1v) is 11.2. The van der Waals surface area contributed by atoms with Crippen molar-refractivity contribution in [3.8, 4) is 0 Å². The molecule has 0 amide bonds. The van der Waals surface area contributed by atoms with Gasteiger partial charge >= 0.3 is 0 Å². The van der Waals surface area contributed by atoms with E-state index in [1.807, 2.05) is 138 Å². The largest absolute Gasteiger partial charge is 0.0999 e. The first-order chi connectivity index (χ1) is 12.0. The van der Waals surface area contributed by atoms with Crippen LogP contribution in [0.1, 0.15) is 138 Å². The van der Waals surface area contributed by atoms with Crippen molar-refractivity contribution in [2.75, 3.05) is 0 Å². The Kier molecular flexibility index (Phi) is 2460000. The number of hydrogen-bond donors (Lipinski definition) is 0. The molecule has 0 rings (SSSR count). The van der Waals surface area contributed by atoms with E-state index in [0.717, 1.165) is 0 Å². The van der Waals surface area contributed by atoms with Crippen LogP contribution in [0.4, 0.5) is 0 Å². The molecule has 0 fully saturated rings. The smallest absolute Gasteiger partial charge is 0.0606 e. The summed E-state index contributed by atoms with van der Waals surface area (Å²) < 4.78 is 0. The Morgan fingerprint density at radius 1 is 0.167 bits per heavy atom. The summed E-state index contributed by atoms with van der Waals surface area (Å²) in [5.41, 5.74) is 0. The molecule has 0 bridgehead atoms. The zero-order valence-corrected chi connectivity index (χ0v) is 23.2. The van der Waals surface area contributed by atoms with E-state index in [1.54, 1.807) is 0 Å². The summed E-state index contributed by atoms with van der Waals surface area (Å²) in [4.78, 5) is 0. The van der Waals surface area contributed by atoms with Gasteiger partial charge in [0.1, 0.15) is 0 Å². The quantitative estimate of drug-likeness (QED) is 0.380. The van der Waals surface area contributed by atoms with Crippen LogP contribution in [-0.2, 0) is 0 Å². The predicted octanol–water partition coefficient (Wildman–Crippen LogP) is 10.7. The molecule has 4 radical (unpaired) electrons. The molecular formula is C22H66B2. The van der Waals surface area contributed by atoms with Gasteiger partial charge in [-0.2, -0.15) is 0 Å². The zero-order chi connectivity index (χ0) is 24.0.